The summed E-state index contributed by atoms with van der Waals surface area (Å²) in [4.78, 5) is 12.4. The highest BCUT2D eigenvalue weighted by Crippen LogP contribution is 2.15. The Balaban J connectivity index is 2.52. The first kappa shape index (κ1) is 12.8. The summed E-state index contributed by atoms with van der Waals surface area (Å²) >= 11 is 1.68. The summed E-state index contributed by atoms with van der Waals surface area (Å²) in [6.45, 7) is 0.247. The first-order chi connectivity index (χ1) is 7.76. The van der Waals surface area contributed by atoms with Crippen LogP contribution in [0.15, 0.2) is 35.2 Å². The van der Waals surface area contributed by atoms with Gasteiger partial charge in [0, 0.05) is 17.5 Å². The van der Waals surface area contributed by atoms with Crippen molar-refractivity contribution in [3.8, 4) is 0 Å². The third kappa shape index (κ3) is 4.51. The van der Waals surface area contributed by atoms with Crippen molar-refractivity contribution in [2.24, 2.45) is 0 Å². The number of thioether (sulfide) groups is 1. The number of aliphatic hydroxyl groups is 1. The van der Waals surface area contributed by atoms with Crippen molar-refractivity contribution in [2.75, 3.05) is 19.4 Å². The van der Waals surface area contributed by atoms with Crippen LogP contribution in [0, 0.1) is 0 Å². The molecule has 0 saturated heterocycles. The minimum absolute atomic E-state index is 0.0397. The normalized spacial score (nSPS) is 10.6. The maximum absolute atomic E-state index is 11.2. The molecule has 0 bridgehead atoms. The molecule has 1 rings (SSSR count). The number of nitrogens with one attached hydrogen (secondary N) is 1. The zero-order valence-electron chi connectivity index (χ0n) is 9.14. The van der Waals surface area contributed by atoms with E-state index in [0.29, 0.717) is 0 Å². The van der Waals surface area contributed by atoms with Crippen molar-refractivity contribution in [2.45, 2.75) is 4.90 Å². The second-order valence-electron chi connectivity index (χ2n) is 3.12. The summed E-state index contributed by atoms with van der Waals surface area (Å²) in [6.07, 6.45) is 5.23. The number of benzene rings is 1. The Morgan fingerprint density at radius 1 is 1.44 bits per heavy atom. The van der Waals surface area contributed by atoms with Crippen LogP contribution >= 0.6 is 11.8 Å². The lowest BCUT2D eigenvalue weighted by molar-refractivity contribution is -0.116. The maximum atomic E-state index is 11.2. The minimum Gasteiger partial charge on any atom is -0.395 e. The minimum atomic E-state index is -0.192. The van der Waals surface area contributed by atoms with E-state index in [1.165, 1.54) is 11.0 Å². The van der Waals surface area contributed by atoms with Crippen LogP contribution in [0.3, 0.4) is 0 Å². The molecule has 1 aromatic rings. The summed E-state index contributed by atoms with van der Waals surface area (Å²) in [7, 11) is 0. The quantitative estimate of drug-likeness (QED) is 0.603. The van der Waals surface area contributed by atoms with Crippen LogP contribution in [0.1, 0.15) is 5.56 Å². The van der Waals surface area contributed by atoms with Crippen LogP contribution in [-0.4, -0.2) is 30.4 Å². The van der Waals surface area contributed by atoms with Crippen LogP contribution in [0.4, 0.5) is 0 Å². The molecule has 0 spiro atoms. The second kappa shape index (κ2) is 7.09. The van der Waals surface area contributed by atoms with Gasteiger partial charge in [-0.1, -0.05) is 12.1 Å². The molecule has 0 aliphatic carbocycles. The Morgan fingerprint density at radius 2 is 2.12 bits per heavy atom. The molecule has 0 fully saturated rings. The molecule has 16 heavy (non-hydrogen) atoms. The molecule has 2 N–H and O–H groups in total. The number of hydrogen-bond acceptors (Lipinski definition) is 3. The highest BCUT2D eigenvalue weighted by atomic mass is 32.2. The zero-order valence-corrected chi connectivity index (χ0v) is 9.96. The molecule has 1 aromatic carbocycles. The number of aliphatic hydroxyl groups excluding tert-OH is 1. The van der Waals surface area contributed by atoms with Gasteiger partial charge in [0.05, 0.1) is 6.61 Å². The standard InChI is InChI=1S/C12H15NO2S/c1-16-11-5-2-10(3-6-11)4-7-12(15)13-8-9-14/h2-7,14H,8-9H2,1H3,(H,13,15)/b7-4-. The molecular weight excluding hydrogens is 222 g/mol. The third-order valence-corrected chi connectivity index (χ3v) is 2.70. The van der Waals surface area contributed by atoms with E-state index in [9.17, 15) is 4.79 Å². The number of rotatable bonds is 5. The molecule has 86 valence electrons. The predicted octanol–water partition coefficient (Wildman–Crippen LogP) is 1.53. The third-order valence-electron chi connectivity index (χ3n) is 1.95. The molecule has 3 nitrogen and oxygen atoms in total. The molecule has 0 heterocycles. The van der Waals surface area contributed by atoms with E-state index in [1.807, 2.05) is 30.5 Å². The molecular formula is C12H15NO2S. The summed E-state index contributed by atoms with van der Waals surface area (Å²) in [6, 6.07) is 7.94. The van der Waals surface area contributed by atoms with Gasteiger partial charge in [0.2, 0.25) is 5.91 Å². The van der Waals surface area contributed by atoms with Crippen molar-refractivity contribution in [3.63, 3.8) is 0 Å². The molecule has 0 atom stereocenters. The van der Waals surface area contributed by atoms with Crippen molar-refractivity contribution < 1.29 is 9.90 Å². The average molecular weight is 237 g/mol. The van der Waals surface area contributed by atoms with Crippen molar-refractivity contribution in [3.05, 3.63) is 35.9 Å². The Morgan fingerprint density at radius 3 is 2.69 bits per heavy atom. The first-order valence-corrected chi connectivity index (χ1v) is 6.19. The Bertz CT molecular complexity index is 360. The van der Waals surface area contributed by atoms with E-state index in [4.69, 9.17) is 5.11 Å². The van der Waals surface area contributed by atoms with Crippen LogP contribution < -0.4 is 5.32 Å². The fraction of sp³-hybridized carbons (Fsp3) is 0.250. The van der Waals surface area contributed by atoms with Crippen molar-refractivity contribution in [1.29, 1.82) is 0 Å². The molecule has 0 aliphatic rings. The Kier molecular flexibility index (Phi) is 5.67. The summed E-state index contributed by atoms with van der Waals surface area (Å²) in [5.41, 5.74) is 0.983. The molecule has 4 heteroatoms. The number of carbonyl (C=O) groups is 1. The highest BCUT2D eigenvalue weighted by Gasteiger charge is 1.93. The monoisotopic (exact) mass is 237 g/mol. The Hall–Kier alpha value is -1.26. The van der Waals surface area contributed by atoms with Gasteiger partial charge < -0.3 is 10.4 Å². The van der Waals surface area contributed by atoms with E-state index >= 15 is 0 Å². The van der Waals surface area contributed by atoms with E-state index < -0.39 is 0 Å². The number of hydrogen-bond donors (Lipinski definition) is 2. The van der Waals surface area contributed by atoms with Gasteiger partial charge in [-0.15, -0.1) is 11.8 Å². The molecule has 0 aliphatic heterocycles. The highest BCUT2D eigenvalue weighted by molar-refractivity contribution is 7.98. The average Bonchev–Trinajstić information content (AvgIpc) is 2.34. The molecule has 1 amide bonds. The Labute approximate surface area is 99.6 Å². The summed E-state index contributed by atoms with van der Waals surface area (Å²) < 4.78 is 0. The summed E-state index contributed by atoms with van der Waals surface area (Å²) in [5, 5.41) is 11.1. The van der Waals surface area contributed by atoms with Crippen LogP contribution in [0.5, 0.6) is 0 Å². The molecule has 0 saturated carbocycles. The van der Waals surface area contributed by atoms with Crippen LogP contribution in [0.2, 0.25) is 0 Å². The summed E-state index contributed by atoms with van der Waals surface area (Å²) in [5.74, 6) is -0.192. The van der Waals surface area contributed by atoms with Gasteiger partial charge in [-0.3, -0.25) is 4.79 Å². The second-order valence-corrected chi connectivity index (χ2v) is 4.00. The lowest BCUT2D eigenvalue weighted by Gasteiger charge is -1.98. The SMILES string of the molecule is CSc1ccc(/C=C\C(=O)NCCO)cc1. The smallest absolute Gasteiger partial charge is 0.244 e. The van der Waals surface area contributed by atoms with Gasteiger partial charge in [-0.05, 0) is 30.0 Å². The van der Waals surface area contributed by atoms with E-state index in [-0.39, 0.29) is 19.1 Å². The van der Waals surface area contributed by atoms with E-state index in [2.05, 4.69) is 5.32 Å². The maximum Gasteiger partial charge on any atom is 0.244 e. The van der Waals surface area contributed by atoms with Crippen LogP contribution in [-0.2, 0) is 4.79 Å². The fourth-order valence-electron chi connectivity index (χ4n) is 1.12. The lowest BCUT2D eigenvalue weighted by Crippen LogP contribution is -2.24. The van der Waals surface area contributed by atoms with Gasteiger partial charge >= 0.3 is 0 Å². The van der Waals surface area contributed by atoms with Crippen molar-refractivity contribution >= 4 is 23.7 Å². The first-order valence-electron chi connectivity index (χ1n) is 4.97. The molecule has 0 radical (unpaired) electrons. The molecule has 0 unspecified atom stereocenters. The van der Waals surface area contributed by atoms with E-state index in [1.54, 1.807) is 17.8 Å². The van der Waals surface area contributed by atoms with E-state index in [0.717, 1.165) is 5.56 Å². The fourth-order valence-corrected chi connectivity index (χ4v) is 1.53. The topological polar surface area (TPSA) is 49.3 Å². The van der Waals surface area contributed by atoms with Gasteiger partial charge in [0.25, 0.3) is 0 Å². The lowest BCUT2D eigenvalue weighted by atomic mass is 10.2. The van der Waals surface area contributed by atoms with Crippen molar-refractivity contribution in [1.82, 2.24) is 5.32 Å². The van der Waals surface area contributed by atoms with Gasteiger partial charge in [0.15, 0.2) is 0 Å². The zero-order chi connectivity index (χ0) is 11.8. The van der Waals surface area contributed by atoms with Gasteiger partial charge in [-0.2, -0.15) is 0 Å². The molecule has 0 aromatic heterocycles. The van der Waals surface area contributed by atoms with Gasteiger partial charge in [0.1, 0.15) is 0 Å². The number of carbonyl (C=O) groups excluding carboxylic acids is 1. The largest absolute Gasteiger partial charge is 0.395 e. The van der Waals surface area contributed by atoms with Gasteiger partial charge in [-0.25, -0.2) is 0 Å². The predicted molar refractivity (Wildman–Crippen MR) is 67.4 cm³/mol. The number of amides is 1. The van der Waals surface area contributed by atoms with Crippen LogP contribution in [0.25, 0.3) is 6.08 Å².